The van der Waals surface area contributed by atoms with Gasteiger partial charge in [0.15, 0.2) is 0 Å². The van der Waals surface area contributed by atoms with E-state index in [1.807, 2.05) is 0 Å². The molecule has 1 heteroatoms. The molecule has 1 nitrogen and oxygen atoms in total. The summed E-state index contributed by atoms with van der Waals surface area (Å²) in [6.07, 6.45) is 10.0. The van der Waals surface area contributed by atoms with E-state index in [1.165, 1.54) is 44.9 Å². The first-order valence-corrected chi connectivity index (χ1v) is 7.74. The maximum Gasteiger partial charge on any atom is 0.0703 e. The average Bonchev–Trinajstić information content (AvgIpc) is 3.11. The average molecular weight is 238 g/mol. The van der Waals surface area contributed by atoms with Crippen LogP contribution in [0.5, 0.6) is 0 Å². The second-order valence-corrected chi connectivity index (χ2v) is 7.15. The van der Waals surface area contributed by atoms with Gasteiger partial charge in [0.1, 0.15) is 0 Å². The molecule has 1 N–H and O–H groups in total. The van der Waals surface area contributed by atoms with Crippen molar-refractivity contribution in [2.45, 2.75) is 77.7 Å². The molecule has 0 aromatic carbocycles. The minimum absolute atomic E-state index is 0.301. The van der Waals surface area contributed by atoms with Crippen LogP contribution in [0.3, 0.4) is 0 Å². The van der Waals surface area contributed by atoms with Crippen LogP contribution in [-0.2, 0) is 0 Å². The molecule has 100 valence electrons. The molecule has 2 rings (SSSR count). The van der Waals surface area contributed by atoms with E-state index in [1.54, 1.807) is 0 Å². The lowest BCUT2D eigenvalue weighted by Gasteiger charge is -2.41. The summed E-state index contributed by atoms with van der Waals surface area (Å²) >= 11 is 0. The predicted molar refractivity (Wildman–Crippen MR) is 72.9 cm³/mol. The van der Waals surface area contributed by atoms with Crippen molar-refractivity contribution >= 4 is 0 Å². The Bertz CT molecular complexity index is 236. The van der Waals surface area contributed by atoms with Crippen molar-refractivity contribution in [2.24, 2.45) is 23.7 Å². The summed E-state index contributed by atoms with van der Waals surface area (Å²) in [5.41, 5.74) is -0.301. The molecule has 0 radical (unpaired) electrons. The third-order valence-electron chi connectivity index (χ3n) is 5.13. The van der Waals surface area contributed by atoms with Crippen LogP contribution >= 0.6 is 0 Å². The topological polar surface area (TPSA) is 20.2 Å². The number of aliphatic hydroxyl groups is 1. The van der Waals surface area contributed by atoms with Gasteiger partial charge in [0.2, 0.25) is 0 Å². The quantitative estimate of drug-likeness (QED) is 0.753. The molecule has 0 saturated heterocycles. The van der Waals surface area contributed by atoms with E-state index in [-0.39, 0.29) is 5.60 Å². The van der Waals surface area contributed by atoms with E-state index in [0.29, 0.717) is 11.8 Å². The molecule has 1 unspecified atom stereocenters. The molecular formula is C16H30O. The summed E-state index contributed by atoms with van der Waals surface area (Å²) in [5, 5.41) is 11.1. The van der Waals surface area contributed by atoms with Gasteiger partial charge in [-0.25, -0.2) is 0 Å². The van der Waals surface area contributed by atoms with Crippen LogP contribution in [0.15, 0.2) is 0 Å². The zero-order valence-corrected chi connectivity index (χ0v) is 11.9. The van der Waals surface area contributed by atoms with Gasteiger partial charge in [-0.1, -0.05) is 33.6 Å². The van der Waals surface area contributed by atoms with E-state index in [0.717, 1.165) is 18.3 Å². The Morgan fingerprint density at radius 2 is 1.47 bits per heavy atom. The SMILES string of the molecule is CC(C)CCC(O)(C1CCC(C)CC1)C1CC1. The molecule has 0 spiro atoms. The van der Waals surface area contributed by atoms with Gasteiger partial charge < -0.3 is 5.11 Å². The fourth-order valence-corrected chi connectivity index (χ4v) is 3.60. The fourth-order valence-electron chi connectivity index (χ4n) is 3.60. The Hall–Kier alpha value is -0.0400. The molecule has 2 aliphatic rings. The molecule has 0 bridgehead atoms. The maximum atomic E-state index is 11.1. The number of hydrogen-bond acceptors (Lipinski definition) is 1. The molecule has 0 aromatic heterocycles. The van der Waals surface area contributed by atoms with E-state index < -0.39 is 0 Å². The summed E-state index contributed by atoms with van der Waals surface area (Å²) < 4.78 is 0. The standard InChI is InChI=1S/C16H30O/c1-12(2)10-11-16(17,15-8-9-15)14-6-4-13(3)5-7-14/h12-15,17H,4-11H2,1-3H3. The molecular weight excluding hydrogens is 208 g/mol. The molecule has 17 heavy (non-hydrogen) atoms. The van der Waals surface area contributed by atoms with E-state index in [4.69, 9.17) is 0 Å². The first-order chi connectivity index (χ1) is 8.02. The van der Waals surface area contributed by atoms with Gasteiger partial charge in [-0.05, 0) is 62.2 Å². The molecule has 2 saturated carbocycles. The molecule has 1 atom stereocenters. The predicted octanol–water partition coefficient (Wildman–Crippen LogP) is 4.39. The van der Waals surface area contributed by atoms with Crippen molar-refractivity contribution in [2.75, 3.05) is 0 Å². The summed E-state index contributed by atoms with van der Waals surface area (Å²) in [7, 11) is 0. The largest absolute Gasteiger partial charge is 0.389 e. The van der Waals surface area contributed by atoms with Crippen molar-refractivity contribution in [3.63, 3.8) is 0 Å². The molecule has 0 aromatic rings. The lowest BCUT2D eigenvalue weighted by atomic mass is 9.69. The van der Waals surface area contributed by atoms with Crippen LogP contribution < -0.4 is 0 Å². The van der Waals surface area contributed by atoms with E-state index in [9.17, 15) is 5.11 Å². The monoisotopic (exact) mass is 238 g/mol. The lowest BCUT2D eigenvalue weighted by molar-refractivity contribution is -0.0661. The second-order valence-electron chi connectivity index (χ2n) is 7.15. The smallest absolute Gasteiger partial charge is 0.0703 e. The highest BCUT2D eigenvalue weighted by Crippen LogP contribution is 2.50. The number of rotatable bonds is 5. The van der Waals surface area contributed by atoms with Crippen molar-refractivity contribution < 1.29 is 5.11 Å². The Labute approximate surface area is 107 Å². The molecule has 2 aliphatic carbocycles. The Kier molecular flexibility index (Phi) is 4.18. The number of hydrogen-bond donors (Lipinski definition) is 1. The van der Waals surface area contributed by atoms with Crippen molar-refractivity contribution in [3.8, 4) is 0 Å². The maximum absolute atomic E-state index is 11.1. The van der Waals surface area contributed by atoms with E-state index >= 15 is 0 Å². The van der Waals surface area contributed by atoms with Gasteiger partial charge in [-0.15, -0.1) is 0 Å². The third kappa shape index (κ3) is 3.24. The van der Waals surface area contributed by atoms with Crippen molar-refractivity contribution in [1.29, 1.82) is 0 Å². The van der Waals surface area contributed by atoms with Crippen LogP contribution in [0.4, 0.5) is 0 Å². The van der Waals surface area contributed by atoms with Crippen LogP contribution in [0.25, 0.3) is 0 Å². The van der Waals surface area contributed by atoms with Crippen molar-refractivity contribution in [1.82, 2.24) is 0 Å². The van der Waals surface area contributed by atoms with Gasteiger partial charge in [0, 0.05) is 0 Å². The highest BCUT2D eigenvalue weighted by molar-refractivity contribution is 5.00. The molecule has 0 amide bonds. The normalized spacial score (nSPS) is 33.7. The summed E-state index contributed by atoms with van der Waals surface area (Å²) in [4.78, 5) is 0. The highest BCUT2D eigenvalue weighted by Gasteiger charge is 2.48. The minimum atomic E-state index is -0.301. The zero-order valence-electron chi connectivity index (χ0n) is 11.9. The van der Waals surface area contributed by atoms with Crippen LogP contribution in [0.1, 0.15) is 72.1 Å². The first kappa shape index (κ1) is 13.4. The zero-order chi connectivity index (χ0) is 12.5. The third-order valence-corrected chi connectivity index (χ3v) is 5.13. The Morgan fingerprint density at radius 1 is 1.00 bits per heavy atom. The Balaban J connectivity index is 1.95. The molecule has 0 aliphatic heterocycles. The lowest BCUT2D eigenvalue weighted by Crippen LogP contribution is -2.42. The fraction of sp³-hybridized carbons (Fsp3) is 1.00. The summed E-state index contributed by atoms with van der Waals surface area (Å²) in [5.74, 6) is 2.85. The van der Waals surface area contributed by atoms with Crippen LogP contribution in [0, 0.1) is 23.7 Å². The minimum Gasteiger partial charge on any atom is -0.389 e. The summed E-state index contributed by atoms with van der Waals surface area (Å²) in [6.45, 7) is 6.91. The van der Waals surface area contributed by atoms with Gasteiger partial charge in [0.25, 0.3) is 0 Å². The van der Waals surface area contributed by atoms with Gasteiger partial charge in [0.05, 0.1) is 5.60 Å². The van der Waals surface area contributed by atoms with Gasteiger partial charge in [-0.2, -0.15) is 0 Å². The van der Waals surface area contributed by atoms with Gasteiger partial charge in [-0.3, -0.25) is 0 Å². The first-order valence-electron chi connectivity index (χ1n) is 7.74. The van der Waals surface area contributed by atoms with Gasteiger partial charge >= 0.3 is 0 Å². The second kappa shape index (κ2) is 5.30. The van der Waals surface area contributed by atoms with Crippen LogP contribution in [-0.4, -0.2) is 10.7 Å². The molecule has 2 fully saturated rings. The highest BCUT2D eigenvalue weighted by atomic mass is 16.3. The molecule has 0 heterocycles. The Morgan fingerprint density at radius 3 is 1.88 bits per heavy atom. The van der Waals surface area contributed by atoms with Crippen LogP contribution in [0.2, 0.25) is 0 Å². The van der Waals surface area contributed by atoms with Crippen molar-refractivity contribution in [3.05, 3.63) is 0 Å². The van der Waals surface area contributed by atoms with E-state index in [2.05, 4.69) is 20.8 Å². The summed E-state index contributed by atoms with van der Waals surface area (Å²) in [6, 6.07) is 0.